The van der Waals surface area contributed by atoms with E-state index in [-0.39, 0.29) is 102 Å². The number of carbonyl (C=O) groups excluding carboxylic acids is 4. The molecule has 0 bridgehead atoms. The van der Waals surface area contributed by atoms with Gasteiger partial charge in [-0.25, -0.2) is 68.6 Å². The van der Waals surface area contributed by atoms with E-state index < -0.39 is 150 Å². The fourth-order valence-corrected chi connectivity index (χ4v) is 18.6. The van der Waals surface area contributed by atoms with Crippen LogP contribution in [-0.2, 0) is 83.2 Å². The van der Waals surface area contributed by atoms with Gasteiger partial charge in [0.1, 0.15) is 69.5 Å². The summed E-state index contributed by atoms with van der Waals surface area (Å²) < 4.78 is 283. The number of carbonyl (C=O) groups is 4. The van der Waals surface area contributed by atoms with E-state index in [1.165, 1.54) is 87.9 Å². The van der Waals surface area contributed by atoms with Crippen LogP contribution < -0.4 is 23.6 Å². The molecule has 0 fully saturated rings. The lowest BCUT2D eigenvalue weighted by Crippen LogP contribution is -2.19. The molecule has 137 heavy (non-hydrogen) atoms. The molecule has 0 aliphatic carbocycles. The van der Waals surface area contributed by atoms with Crippen LogP contribution >= 0.6 is 69.6 Å². The minimum atomic E-state index is -4.89. The molecule has 10 aromatic heterocycles. The number of sulfonamides is 4. The Morgan fingerprint density at radius 3 is 1.31 bits per heavy atom. The highest BCUT2D eigenvalue weighted by atomic mass is 35.5. The molecule has 710 valence electrons. The number of nitrogens with one attached hydrogen (secondary N) is 6. The number of methoxy groups -OCH3 is 2. The number of ketones is 4. The van der Waals surface area contributed by atoms with Crippen molar-refractivity contribution in [2.45, 2.75) is 50.9 Å². The summed E-state index contributed by atoms with van der Waals surface area (Å²) in [6.07, 6.45) is -3.79. The summed E-state index contributed by atoms with van der Waals surface area (Å²) in [6.45, 7) is 0.0238. The van der Waals surface area contributed by atoms with E-state index in [0.29, 0.717) is 67.7 Å². The largest absolute Gasteiger partial charge is 0.494 e. The third-order valence-electron chi connectivity index (χ3n) is 19.1. The first-order chi connectivity index (χ1) is 64.3. The summed E-state index contributed by atoms with van der Waals surface area (Å²) in [5.74, 6) is -2.85. The topological polar surface area (TPSA) is 462 Å². The second-order valence-corrected chi connectivity index (χ2v) is 37.2. The minimum Gasteiger partial charge on any atom is -0.494 e. The molecule has 55 heteroatoms. The lowest BCUT2D eigenvalue weighted by atomic mass is 10.0. The number of aromatic amines is 2. The number of halogens is 18. The zero-order valence-corrected chi connectivity index (χ0v) is 76.1. The second-order valence-electron chi connectivity index (χ2n) is 28.0. The van der Waals surface area contributed by atoms with Gasteiger partial charge in [-0.2, -0.15) is 57.4 Å². The van der Waals surface area contributed by atoms with Crippen molar-refractivity contribution in [3.63, 3.8) is 0 Å². The Kier molecular flexibility index (Phi) is 29.0. The number of aryl methyl sites for hydroxylation is 1. The number of rotatable bonds is 23. The first-order valence-electron chi connectivity index (χ1n) is 37.5. The number of ether oxygens (including phenoxy) is 2. The predicted molar refractivity (Wildman–Crippen MR) is 472 cm³/mol. The number of benzene rings is 4. The number of alkyl halides is 12. The van der Waals surface area contributed by atoms with E-state index >= 15 is 0 Å². The molecule has 7 N–H and O–H groups in total. The smallest absolute Gasteiger partial charge is 0.417 e. The zero-order chi connectivity index (χ0) is 99.7. The molecule has 14 aromatic rings. The highest BCUT2D eigenvalue weighted by Crippen LogP contribution is 2.43. The van der Waals surface area contributed by atoms with Crippen LogP contribution in [0.1, 0.15) is 92.3 Å². The maximum Gasteiger partial charge on any atom is 0.417 e. The van der Waals surface area contributed by atoms with Crippen molar-refractivity contribution in [3.05, 3.63) is 311 Å². The molecule has 33 nitrogen and oxygen atoms in total. The Bertz CT molecular complexity index is 7960. The molecule has 0 amide bonds. The first kappa shape index (κ1) is 101. The zero-order valence-electron chi connectivity index (χ0n) is 68.3. The number of pyridine rings is 6. The Labute approximate surface area is 792 Å². The van der Waals surface area contributed by atoms with E-state index in [0.717, 1.165) is 73.3 Å². The maximum atomic E-state index is 13.7. The maximum absolute atomic E-state index is 13.7. The summed E-state index contributed by atoms with van der Waals surface area (Å²) in [5, 5.41) is 8.27. The molecule has 0 saturated heterocycles. The Morgan fingerprint density at radius 1 is 0.416 bits per heavy atom. The standard InChI is InChI=1S/C23H18ClF3N4O5S.C20H12Cl2F3N5O3S.C20H11Cl2F3N4O4S.C19H11ClF3N5O3S/c1-35-11-12-7-17(31-37(33,34)13-3-4-16(24)15(8-13)23(25,26)27)20(29-9-12)21(32)19-14-5-6-28-22(14)30-10-18(19)36-2;1-30-5-4-12-16(27-9-28-19(12)30)18(31)17-15(6-10(21)8-26-17)29-34(32,33)11-2-3-14(22)13(7-11)20(23,24)25;21-13-4-3-10(8-12(13)20(23,24)25)34(32,33)28-15-2-1-6-26-17(15)18(30)16-11-5-7-27-19(11)29(31)9-14(16)22;20-13-4-3-10(8-12(13)19(21,22)23)32(30,31)28-14-2-1-6-24-16(14)17(29)15-11-5-7-25-18(11)27-9-26-15/h3-10,31H,11H2,1-2H3,(H,28,30);2-9,29H,1H3;1-9,28,31H;1-9,28H,(H,25,26,27). The number of fused-ring (bicyclic) bond motifs is 4. The average molecular weight is 2100 g/mol. The third kappa shape index (κ3) is 22.0. The first-order valence-corrected chi connectivity index (χ1v) is 45.7. The van der Waals surface area contributed by atoms with Crippen LogP contribution in [0, 0.1) is 0 Å². The van der Waals surface area contributed by atoms with Gasteiger partial charge in [0, 0.05) is 85.5 Å². The van der Waals surface area contributed by atoms with Crippen molar-refractivity contribution in [3.8, 4) is 17.1 Å². The van der Waals surface area contributed by atoms with Crippen LogP contribution in [0.3, 0.4) is 0 Å². The fourth-order valence-electron chi connectivity index (χ4n) is 12.9. The van der Waals surface area contributed by atoms with Gasteiger partial charge >= 0.3 is 24.7 Å². The van der Waals surface area contributed by atoms with Crippen LogP contribution in [0.4, 0.5) is 75.4 Å². The number of H-pyrrole nitrogens is 2. The van der Waals surface area contributed by atoms with Gasteiger partial charge in [-0.1, -0.05) is 69.6 Å². The summed E-state index contributed by atoms with van der Waals surface area (Å²) in [4.78, 5) is 96.2. The quantitative estimate of drug-likeness (QED) is 0.0178. The summed E-state index contributed by atoms with van der Waals surface area (Å²) >= 11 is 34.4. The number of hydrogen-bond donors (Lipinski definition) is 7. The van der Waals surface area contributed by atoms with Crippen LogP contribution in [0.15, 0.2) is 228 Å². The molecule has 0 unspecified atom stereocenters. The predicted octanol–water partition coefficient (Wildman–Crippen LogP) is 18.6. The SMILES string of the molecule is COCc1cnc(C(=O)c2c(OC)cnc3[nH]ccc23)c(NS(=O)(=O)c2ccc(Cl)c(C(F)(F)F)c2)c1.Cn1ccc2c(C(=O)c3ncc(Cl)cc3NS(=O)(=O)c3ccc(Cl)c(C(F)(F)F)c3)ncnc21.O=C(c1ncccc1NS(=O)(=O)c1ccc(Cl)c(C(F)(F)F)c1)c1c(Cl)cn(O)c2nccc1-2.O=C(c1ncccc1NS(=O)(=O)c1ccc(Cl)c(C(F)(F)F)c1)c1ncnc2[nH]ccc12. The monoisotopic (exact) mass is 2090 g/mol. The summed E-state index contributed by atoms with van der Waals surface area (Å²) in [5.41, 5.74) is -6.12. The molecule has 2 aliphatic rings. The molecule has 12 heterocycles. The van der Waals surface area contributed by atoms with E-state index in [4.69, 9.17) is 79.1 Å². The highest BCUT2D eigenvalue weighted by molar-refractivity contribution is 7.93. The van der Waals surface area contributed by atoms with Gasteiger partial charge in [-0.05, 0) is 139 Å². The van der Waals surface area contributed by atoms with Crippen LogP contribution in [0.25, 0.3) is 44.5 Å². The number of nitrogens with zero attached hydrogens (tertiary/aromatic N) is 12. The van der Waals surface area contributed by atoms with E-state index in [2.05, 4.69) is 78.7 Å². The van der Waals surface area contributed by atoms with Crippen molar-refractivity contribution in [2.75, 3.05) is 33.1 Å². The van der Waals surface area contributed by atoms with Crippen LogP contribution in [0.2, 0.25) is 30.1 Å². The van der Waals surface area contributed by atoms with Gasteiger partial charge in [-0.15, -0.1) is 0 Å². The molecule has 16 rings (SSSR count). The molecular weight excluding hydrogens is 2050 g/mol. The number of hydrogen-bond acceptors (Lipinski definition) is 25. The molecular formula is C82H52Cl6F12N18O15S4. The van der Waals surface area contributed by atoms with Crippen molar-refractivity contribution < 1.29 is 120 Å². The summed E-state index contributed by atoms with van der Waals surface area (Å²) in [6, 6.07) is 22.3. The fraction of sp³-hybridized carbons (Fsp3) is 0.0976. The molecule has 0 radical (unpaired) electrons. The van der Waals surface area contributed by atoms with Gasteiger partial charge < -0.3 is 29.2 Å². The van der Waals surface area contributed by atoms with Gasteiger partial charge in [0.15, 0.2) is 5.82 Å². The van der Waals surface area contributed by atoms with Crippen molar-refractivity contribution in [2.24, 2.45) is 7.05 Å². The lowest BCUT2D eigenvalue weighted by molar-refractivity contribution is -0.138. The van der Waals surface area contributed by atoms with Gasteiger partial charge in [-0.3, -0.25) is 53.0 Å². The van der Waals surface area contributed by atoms with Gasteiger partial charge in [0.05, 0.1) is 132 Å². The Hall–Kier alpha value is -13.8. The van der Waals surface area contributed by atoms with E-state index in [1.54, 1.807) is 48.4 Å². The van der Waals surface area contributed by atoms with Crippen molar-refractivity contribution in [1.29, 1.82) is 0 Å². The van der Waals surface area contributed by atoms with E-state index in [1.807, 2.05) is 0 Å². The Morgan fingerprint density at radius 2 is 0.832 bits per heavy atom. The minimum absolute atomic E-state index is 0.0196. The average Bonchev–Trinajstić information content (AvgIpc) is 1.75. The van der Waals surface area contributed by atoms with Crippen LogP contribution in [0.5, 0.6) is 5.75 Å². The summed E-state index contributed by atoms with van der Waals surface area (Å²) in [7, 11) is -13.9. The normalized spacial score (nSPS) is 12.1. The van der Waals surface area contributed by atoms with E-state index in [9.17, 15) is 111 Å². The van der Waals surface area contributed by atoms with Crippen molar-refractivity contribution >= 4 is 189 Å². The molecule has 2 aliphatic heterocycles. The number of anilines is 4. The van der Waals surface area contributed by atoms with Crippen molar-refractivity contribution in [1.82, 2.24) is 69.1 Å². The third-order valence-corrected chi connectivity index (χ3v) is 26.4. The lowest BCUT2D eigenvalue weighted by Gasteiger charge is -2.16. The van der Waals surface area contributed by atoms with Gasteiger partial charge in [0.2, 0.25) is 23.1 Å². The number of aromatic nitrogens is 14. The molecule has 4 aromatic carbocycles. The Balaban J connectivity index is 0.000000155. The van der Waals surface area contributed by atoms with Gasteiger partial charge in [0.25, 0.3) is 40.1 Å². The molecule has 0 atom stereocenters. The molecule has 0 saturated carbocycles. The second kappa shape index (κ2) is 39.5. The highest BCUT2D eigenvalue weighted by Gasteiger charge is 2.41. The van der Waals surface area contributed by atoms with Crippen LogP contribution in [-0.4, -0.2) is 145 Å². The molecule has 0 spiro atoms.